The minimum absolute atomic E-state index is 0.618. The maximum atomic E-state index is 6.06. The standard InChI is InChI=1S/C15H22BrNO2/c1-2-17-10-13-4-3-5-14(16)15(13)19-11-12-6-8-18-9-7-12/h3-5,12,17H,2,6-11H2,1H3. The quantitative estimate of drug-likeness (QED) is 0.869. The third kappa shape index (κ3) is 4.48. The summed E-state index contributed by atoms with van der Waals surface area (Å²) in [4.78, 5) is 0. The van der Waals surface area contributed by atoms with Gasteiger partial charge >= 0.3 is 0 Å². The van der Waals surface area contributed by atoms with Crippen LogP contribution >= 0.6 is 15.9 Å². The Bertz CT molecular complexity index is 392. The van der Waals surface area contributed by atoms with E-state index in [4.69, 9.17) is 9.47 Å². The molecule has 3 nitrogen and oxygen atoms in total. The Balaban J connectivity index is 1.96. The van der Waals surface area contributed by atoms with E-state index >= 15 is 0 Å². The maximum absolute atomic E-state index is 6.06. The number of rotatable bonds is 6. The second-order valence-corrected chi connectivity index (χ2v) is 5.73. The van der Waals surface area contributed by atoms with Gasteiger partial charge in [0.25, 0.3) is 0 Å². The van der Waals surface area contributed by atoms with Gasteiger partial charge in [0.2, 0.25) is 0 Å². The molecule has 0 spiro atoms. The predicted octanol–water partition coefficient (Wildman–Crippen LogP) is 3.36. The van der Waals surface area contributed by atoms with Crippen molar-refractivity contribution >= 4 is 15.9 Å². The molecule has 1 fully saturated rings. The van der Waals surface area contributed by atoms with E-state index in [9.17, 15) is 0 Å². The van der Waals surface area contributed by atoms with Crippen molar-refractivity contribution in [1.82, 2.24) is 5.32 Å². The molecule has 1 aromatic rings. The average molecular weight is 328 g/mol. The molecule has 1 aliphatic rings. The fraction of sp³-hybridized carbons (Fsp3) is 0.600. The SMILES string of the molecule is CCNCc1cccc(Br)c1OCC1CCOCC1. The third-order valence-electron chi connectivity index (χ3n) is 3.42. The van der Waals surface area contributed by atoms with Crippen molar-refractivity contribution < 1.29 is 9.47 Å². The highest BCUT2D eigenvalue weighted by molar-refractivity contribution is 9.10. The van der Waals surface area contributed by atoms with Gasteiger partial charge in [0, 0.05) is 25.3 Å². The molecule has 0 radical (unpaired) electrons. The molecule has 0 aromatic heterocycles. The molecular weight excluding hydrogens is 306 g/mol. The van der Waals surface area contributed by atoms with Crippen molar-refractivity contribution in [2.45, 2.75) is 26.3 Å². The molecule has 1 heterocycles. The first kappa shape index (κ1) is 14.8. The number of ether oxygens (including phenoxy) is 2. The molecule has 0 atom stereocenters. The lowest BCUT2D eigenvalue weighted by molar-refractivity contribution is 0.0495. The van der Waals surface area contributed by atoms with Crippen LogP contribution in [0.1, 0.15) is 25.3 Å². The molecule has 0 unspecified atom stereocenters. The summed E-state index contributed by atoms with van der Waals surface area (Å²) in [6, 6.07) is 6.21. The van der Waals surface area contributed by atoms with Crippen LogP contribution in [-0.4, -0.2) is 26.4 Å². The lowest BCUT2D eigenvalue weighted by atomic mass is 10.0. The highest BCUT2D eigenvalue weighted by atomic mass is 79.9. The minimum Gasteiger partial charge on any atom is -0.492 e. The summed E-state index contributed by atoms with van der Waals surface area (Å²) >= 11 is 3.59. The first-order valence-corrected chi connectivity index (χ1v) is 7.79. The molecule has 4 heteroatoms. The fourth-order valence-electron chi connectivity index (χ4n) is 2.23. The van der Waals surface area contributed by atoms with E-state index in [1.807, 2.05) is 6.07 Å². The van der Waals surface area contributed by atoms with Gasteiger partial charge in [0.1, 0.15) is 5.75 Å². The summed E-state index contributed by atoms with van der Waals surface area (Å²) in [5.74, 6) is 1.60. The number of benzene rings is 1. The van der Waals surface area contributed by atoms with Crippen molar-refractivity contribution in [3.63, 3.8) is 0 Å². The third-order valence-corrected chi connectivity index (χ3v) is 4.04. The summed E-state index contributed by atoms with van der Waals surface area (Å²) < 4.78 is 12.5. The Morgan fingerprint density at radius 3 is 2.89 bits per heavy atom. The lowest BCUT2D eigenvalue weighted by Crippen LogP contribution is -2.22. The average Bonchev–Trinajstić information content (AvgIpc) is 2.45. The normalized spacial score (nSPS) is 16.5. The lowest BCUT2D eigenvalue weighted by Gasteiger charge is -2.23. The highest BCUT2D eigenvalue weighted by Gasteiger charge is 2.16. The van der Waals surface area contributed by atoms with E-state index < -0.39 is 0 Å². The number of hydrogen-bond acceptors (Lipinski definition) is 3. The highest BCUT2D eigenvalue weighted by Crippen LogP contribution is 2.30. The molecule has 1 aromatic carbocycles. The Labute approximate surface area is 123 Å². The van der Waals surface area contributed by atoms with Gasteiger partial charge in [0.15, 0.2) is 0 Å². The van der Waals surface area contributed by atoms with Gasteiger partial charge in [-0.1, -0.05) is 19.1 Å². The summed E-state index contributed by atoms with van der Waals surface area (Å²) in [5, 5.41) is 3.35. The molecule has 0 saturated carbocycles. The van der Waals surface area contributed by atoms with Crippen LogP contribution in [0, 0.1) is 5.92 Å². The topological polar surface area (TPSA) is 30.5 Å². The van der Waals surface area contributed by atoms with Gasteiger partial charge in [-0.25, -0.2) is 0 Å². The molecule has 2 rings (SSSR count). The molecule has 1 aliphatic heterocycles. The van der Waals surface area contributed by atoms with Crippen molar-refractivity contribution in [3.8, 4) is 5.75 Å². The molecule has 1 N–H and O–H groups in total. The summed E-state index contributed by atoms with van der Waals surface area (Å²) in [6.07, 6.45) is 2.21. The van der Waals surface area contributed by atoms with Crippen LogP contribution in [-0.2, 0) is 11.3 Å². The van der Waals surface area contributed by atoms with Crippen LogP contribution in [0.25, 0.3) is 0 Å². The summed E-state index contributed by atoms with van der Waals surface area (Å²) in [6.45, 7) is 6.44. The van der Waals surface area contributed by atoms with E-state index in [0.29, 0.717) is 5.92 Å². The number of nitrogens with one attached hydrogen (secondary N) is 1. The second kappa shape index (κ2) is 7.88. The monoisotopic (exact) mass is 327 g/mol. The van der Waals surface area contributed by atoms with Crippen LogP contribution in [0.5, 0.6) is 5.75 Å². The van der Waals surface area contributed by atoms with Crippen molar-refractivity contribution in [3.05, 3.63) is 28.2 Å². The summed E-state index contributed by atoms with van der Waals surface area (Å²) in [7, 11) is 0. The Morgan fingerprint density at radius 2 is 2.16 bits per heavy atom. The number of para-hydroxylation sites is 1. The van der Waals surface area contributed by atoms with Gasteiger partial charge < -0.3 is 14.8 Å². The maximum Gasteiger partial charge on any atom is 0.137 e. The first-order valence-electron chi connectivity index (χ1n) is 7.00. The second-order valence-electron chi connectivity index (χ2n) is 4.88. The van der Waals surface area contributed by atoms with Gasteiger partial charge in [0.05, 0.1) is 11.1 Å². The zero-order valence-corrected chi connectivity index (χ0v) is 13.0. The van der Waals surface area contributed by atoms with Crippen LogP contribution < -0.4 is 10.1 Å². The first-order chi connectivity index (χ1) is 9.31. The largest absolute Gasteiger partial charge is 0.492 e. The molecular formula is C15H22BrNO2. The van der Waals surface area contributed by atoms with E-state index in [1.165, 1.54) is 5.56 Å². The zero-order valence-electron chi connectivity index (χ0n) is 11.5. The molecule has 19 heavy (non-hydrogen) atoms. The van der Waals surface area contributed by atoms with Crippen molar-refractivity contribution in [1.29, 1.82) is 0 Å². The molecule has 0 amide bonds. The number of hydrogen-bond donors (Lipinski definition) is 1. The fourth-order valence-corrected chi connectivity index (χ4v) is 2.75. The van der Waals surface area contributed by atoms with Crippen LogP contribution in [0.15, 0.2) is 22.7 Å². The smallest absolute Gasteiger partial charge is 0.137 e. The van der Waals surface area contributed by atoms with E-state index in [2.05, 4.69) is 40.3 Å². The molecule has 1 saturated heterocycles. The van der Waals surface area contributed by atoms with Crippen LogP contribution in [0.2, 0.25) is 0 Å². The van der Waals surface area contributed by atoms with Crippen LogP contribution in [0.3, 0.4) is 0 Å². The predicted molar refractivity (Wildman–Crippen MR) is 80.6 cm³/mol. The number of halogens is 1. The van der Waals surface area contributed by atoms with E-state index in [1.54, 1.807) is 0 Å². The van der Waals surface area contributed by atoms with E-state index in [0.717, 1.165) is 56.0 Å². The molecule has 0 aliphatic carbocycles. The van der Waals surface area contributed by atoms with E-state index in [-0.39, 0.29) is 0 Å². The van der Waals surface area contributed by atoms with Gasteiger partial charge in [-0.05, 0) is 47.3 Å². The van der Waals surface area contributed by atoms with Gasteiger partial charge in [-0.15, -0.1) is 0 Å². The zero-order chi connectivity index (χ0) is 13.5. The van der Waals surface area contributed by atoms with Gasteiger partial charge in [-0.2, -0.15) is 0 Å². The van der Waals surface area contributed by atoms with Crippen molar-refractivity contribution in [2.75, 3.05) is 26.4 Å². The van der Waals surface area contributed by atoms with Gasteiger partial charge in [-0.3, -0.25) is 0 Å². The Hall–Kier alpha value is -0.580. The molecule has 0 bridgehead atoms. The Kier molecular flexibility index (Phi) is 6.14. The van der Waals surface area contributed by atoms with Crippen molar-refractivity contribution in [2.24, 2.45) is 5.92 Å². The molecule has 106 valence electrons. The summed E-state index contributed by atoms with van der Waals surface area (Å²) in [5.41, 5.74) is 1.21. The minimum atomic E-state index is 0.618. The van der Waals surface area contributed by atoms with Crippen LogP contribution in [0.4, 0.5) is 0 Å². The Morgan fingerprint density at radius 1 is 1.37 bits per heavy atom.